The highest BCUT2D eigenvalue weighted by Gasteiger charge is 2.11. The molecule has 1 rings (SSSR count). The standard InChI is InChI=1S/C9H11BrO2S/c1-6(9(11)12)2-3-8-7(10)4-5-13-8/h4-6H,2-3H2,1H3,(H,11,12). The largest absolute Gasteiger partial charge is 0.481 e. The van der Waals surface area contributed by atoms with Crippen LogP contribution in [0, 0.1) is 5.92 Å². The van der Waals surface area contributed by atoms with Gasteiger partial charge >= 0.3 is 5.97 Å². The molecule has 0 amide bonds. The molecule has 1 heterocycles. The van der Waals surface area contributed by atoms with Gasteiger partial charge < -0.3 is 5.11 Å². The molecule has 1 aromatic heterocycles. The zero-order valence-corrected chi connectivity index (χ0v) is 9.69. The van der Waals surface area contributed by atoms with Crippen LogP contribution in [0.2, 0.25) is 0 Å². The van der Waals surface area contributed by atoms with Gasteiger partial charge in [0.2, 0.25) is 0 Å². The van der Waals surface area contributed by atoms with E-state index >= 15 is 0 Å². The maximum Gasteiger partial charge on any atom is 0.306 e. The molecule has 0 saturated carbocycles. The lowest BCUT2D eigenvalue weighted by Gasteiger charge is -2.04. The van der Waals surface area contributed by atoms with Crippen LogP contribution in [0.4, 0.5) is 0 Å². The van der Waals surface area contributed by atoms with Crippen LogP contribution in [0.15, 0.2) is 15.9 Å². The second-order valence-corrected chi connectivity index (χ2v) is 4.82. The van der Waals surface area contributed by atoms with Gasteiger partial charge in [-0.15, -0.1) is 11.3 Å². The smallest absolute Gasteiger partial charge is 0.306 e. The molecule has 1 unspecified atom stereocenters. The summed E-state index contributed by atoms with van der Waals surface area (Å²) in [5.41, 5.74) is 0. The van der Waals surface area contributed by atoms with E-state index in [4.69, 9.17) is 5.11 Å². The Hall–Kier alpha value is -0.350. The van der Waals surface area contributed by atoms with Gasteiger partial charge in [0.05, 0.1) is 5.92 Å². The van der Waals surface area contributed by atoms with Gasteiger partial charge in [0.1, 0.15) is 0 Å². The Bertz CT molecular complexity index is 296. The fourth-order valence-corrected chi connectivity index (χ4v) is 2.55. The Labute approximate surface area is 89.7 Å². The lowest BCUT2D eigenvalue weighted by molar-refractivity contribution is -0.141. The monoisotopic (exact) mass is 262 g/mol. The summed E-state index contributed by atoms with van der Waals surface area (Å²) in [6.07, 6.45) is 1.54. The quantitative estimate of drug-likeness (QED) is 0.905. The Morgan fingerprint density at radius 2 is 2.46 bits per heavy atom. The summed E-state index contributed by atoms with van der Waals surface area (Å²) < 4.78 is 1.09. The molecule has 1 atom stereocenters. The van der Waals surface area contributed by atoms with Crippen molar-refractivity contribution < 1.29 is 9.90 Å². The average Bonchev–Trinajstić information content (AvgIpc) is 2.47. The van der Waals surface area contributed by atoms with Crippen LogP contribution in [0.5, 0.6) is 0 Å². The van der Waals surface area contributed by atoms with Crippen molar-refractivity contribution in [2.24, 2.45) is 5.92 Å². The topological polar surface area (TPSA) is 37.3 Å². The summed E-state index contributed by atoms with van der Waals surface area (Å²) in [6.45, 7) is 1.74. The van der Waals surface area contributed by atoms with Crippen molar-refractivity contribution in [3.8, 4) is 0 Å². The highest BCUT2D eigenvalue weighted by Crippen LogP contribution is 2.25. The Balaban J connectivity index is 2.44. The number of hydrogen-bond donors (Lipinski definition) is 1. The van der Waals surface area contributed by atoms with Crippen LogP contribution in [0.25, 0.3) is 0 Å². The second-order valence-electron chi connectivity index (χ2n) is 2.97. The number of halogens is 1. The highest BCUT2D eigenvalue weighted by molar-refractivity contribution is 9.10. The third-order valence-electron chi connectivity index (χ3n) is 1.92. The van der Waals surface area contributed by atoms with Gasteiger partial charge in [-0.25, -0.2) is 0 Å². The van der Waals surface area contributed by atoms with Gasteiger partial charge in [-0.05, 0) is 40.2 Å². The van der Waals surface area contributed by atoms with Gasteiger partial charge in [0.25, 0.3) is 0 Å². The molecule has 4 heteroatoms. The minimum Gasteiger partial charge on any atom is -0.481 e. The van der Waals surface area contributed by atoms with Gasteiger partial charge in [-0.1, -0.05) is 6.92 Å². The van der Waals surface area contributed by atoms with Gasteiger partial charge in [0, 0.05) is 9.35 Å². The van der Waals surface area contributed by atoms with Crippen molar-refractivity contribution in [2.75, 3.05) is 0 Å². The van der Waals surface area contributed by atoms with E-state index in [1.165, 1.54) is 4.88 Å². The normalized spacial score (nSPS) is 12.8. The van der Waals surface area contributed by atoms with Crippen LogP contribution in [0.3, 0.4) is 0 Å². The molecule has 0 aliphatic carbocycles. The first kappa shape index (κ1) is 10.7. The van der Waals surface area contributed by atoms with E-state index in [0.717, 1.165) is 10.9 Å². The summed E-state index contributed by atoms with van der Waals surface area (Å²) in [5, 5.41) is 10.7. The Morgan fingerprint density at radius 1 is 1.77 bits per heavy atom. The summed E-state index contributed by atoms with van der Waals surface area (Å²) in [5.74, 6) is -0.971. The van der Waals surface area contributed by atoms with Gasteiger partial charge in [-0.2, -0.15) is 0 Å². The molecule has 0 aromatic carbocycles. The van der Waals surface area contributed by atoms with Crippen molar-refractivity contribution in [3.05, 3.63) is 20.8 Å². The molecule has 0 aliphatic rings. The van der Waals surface area contributed by atoms with E-state index in [2.05, 4.69) is 15.9 Å². The van der Waals surface area contributed by atoms with E-state index in [0.29, 0.717) is 6.42 Å². The molecule has 0 aliphatic heterocycles. The van der Waals surface area contributed by atoms with E-state index in [9.17, 15) is 4.79 Å². The number of thiophene rings is 1. The number of rotatable bonds is 4. The molecule has 72 valence electrons. The third kappa shape index (κ3) is 3.12. The predicted molar refractivity (Wildman–Crippen MR) is 57.1 cm³/mol. The van der Waals surface area contributed by atoms with Crippen molar-refractivity contribution in [1.29, 1.82) is 0 Å². The number of carboxylic acid groups (broad SMARTS) is 1. The average molecular weight is 263 g/mol. The number of aliphatic carboxylic acids is 1. The molecular weight excluding hydrogens is 252 g/mol. The van der Waals surface area contributed by atoms with Gasteiger partial charge in [0.15, 0.2) is 0 Å². The van der Waals surface area contributed by atoms with Crippen LogP contribution in [0.1, 0.15) is 18.2 Å². The zero-order valence-electron chi connectivity index (χ0n) is 7.29. The van der Waals surface area contributed by atoms with E-state index < -0.39 is 5.97 Å². The molecule has 0 spiro atoms. The fraction of sp³-hybridized carbons (Fsp3) is 0.444. The lowest BCUT2D eigenvalue weighted by Crippen LogP contribution is -2.09. The fourth-order valence-electron chi connectivity index (χ4n) is 0.975. The molecule has 1 aromatic rings. The highest BCUT2D eigenvalue weighted by atomic mass is 79.9. The van der Waals surface area contributed by atoms with E-state index in [1.807, 2.05) is 11.4 Å². The summed E-state index contributed by atoms with van der Waals surface area (Å²) in [4.78, 5) is 11.8. The van der Waals surface area contributed by atoms with E-state index in [-0.39, 0.29) is 5.92 Å². The van der Waals surface area contributed by atoms with E-state index in [1.54, 1.807) is 18.3 Å². The second kappa shape index (κ2) is 4.77. The predicted octanol–water partition coefficient (Wildman–Crippen LogP) is 3.16. The number of hydrogen-bond acceptors (Lipinski definition) is 2. The first-order valence-corrected chi connectivity index (χ1v) is 5.73. The molecule has 2 nitrogen and oxygen atoms in total. The molecule has 0 bridgehead atoms. The van der Waals surface area contributed by atoms with Crippen molar-refractivity contribution >= 4 is 33.2 Å². The summed E-state index contributed by atoms with van der Waals surface area (Å²) in [6, 6.07) is 1.99. The molecule has 1 N–H and O–H groups in total. The number of carbonyl (C=O) groups is 1. The number of aryl methyl sites for hydroxylation is 1. The first-order chi connectivity index (χ1) is 6.11. The van der Waals surface area contributed by atoms with Crippen LogP contribution in [-0.4, -0.2) is 11.1 Å². The van der Waals surface area contributed by atoms with Crippen LogP contribution >= 0.6 is 27.3 Å². The minimum atomic E-state index is -0.715. The Morgan fingerprint density at radius 3 is 2.92 bits per heavy atom. The number of carboxylic acids is 1. The maximum atomic E-state index is 10.5. The first-order valence-electron chi connectivity index (χ1n) is 4.06. The zero-order chi connectivity index (χ0) is 9.84. The molecule has 0 radical (unpaired) electrons. The molecule has 0 saturated heterocycles. The minimum absolute atomic E-state index is 0.256. The maximum absolute atomic E-state index is 10.5. The van der Waals surface area contributed by atoms with Crippen molar-refractivity contribution in [2.45, 2.75) is 19.8 Å². The van der Waals surface area contributed by atoms with Crippen LogP contribution in [-0.2, 0) is 11.2 Å². The van der Waals surface area contributed by atoms with Crippen molar-refractivity contribution in [3.63, 3.8) is 0 Å². The van der Waals surface area contributed by atoms with Crippen molar-refractivity contribution in [1.82, 2.24) is 0 Å². The Kier molecular flexibility index (Phi) is 3.93. The summed E-state index contributed by atoms with van der Waals surface area (Å²) >= 11 is 5.08. The lowest BCUT2D eigenvalue weighted by atomic mass is 10.1. The molecule has 13 heavy (non-hydrogen) atoms. The summed E-state index contributed by atoms with van der Waals surface area (Å²) in [7, 11) is 0. The van der Waals surface area contributed by atoms with Crippen LogP contribution < -0.4 is 0 Å². The van der Waals surface area contributed by atoms with Gasteiger partial charge in [-0.3, -0.25) is 4.79 Å². The molecule has 0 fully saturated rings. The molecular formula is C9H11BrO2S. The SMILES string of the molecule is CC(CCc1sccc1Br)C(=O)O. The third-order valence-corrected chi connectivity index (χ3v) is 3.90.